The normalized spacial score (nSPS) is 20.2. The number of hydrogen-bond donors (Lipinski definition) is 1. The summed E-state index contributed by atoms with van der Waals surface area (Å²) in [6.45, 7) is 5.82. The minimum atomic E-state index is 0.556. The van der Waals surface area contributed by atoms with Gasteiger partial charge < -0.3 is 10.2 Å². The van der Waals surface area contributed by atoms with E-state index in [1.54, 1.807) is 11.2 Å². The van der Waals surface area contributed by atoms with Crippen LogP contribution in [0.5, 0.6) is 0 Å². The first-order valence-electron chi connectivity index (χ1n) is 8.59. The van der Waals surface area contributed by atoms with Gasteiger partial charge in [-0.25, -0.2) is 9.97 Å². The minimum Gasteiger partial charge on any atom is -0.367 e. The zero-order valence-electron chi connectivity index (χ0n) is 13.3. The molecule has 5 heteroatoms. The Bertz CT molecular complexity index is 658. The lowest BCUT2D eigenvalue weighted by Gasteiger charge is -2.31. The van der Waals surface area contributed by atoms with E-state index < -0.39 is 0 Å². The Labute approximate surface area is 136 Å². The van der Waals surface area contributed by atoms with Gasteiger partial charge >= 0.3 is 0 Å². The van der Waals surface area contributed by atoms with Crippen molar-refractivity contribution in [1.29, 1.82) is 0 Å². The average molecular weight is 316 g/mol. The summed E-state index contributed by atoms with van der Waals surface area (Å²) in [5.74, 6) is 1.08. The van der Waals surface area contributed by atoms with Gasteiger partial charge in [-0.05, 0) is 50.6 Å². The predicted molar refractivity (Wildman–Crippen MR) is 92.8 cm³/mol. The Morgan fingerprint density at radius 3 is 2.86 bits per heavy atom. The van der Waals surface area contributed by atoms with Gasteiger partial charge in [-0.15, -0.1) is 11.3 Å². The van der Waals surface area contributed by atoms with Gasteiger partial charge in [0.15, 0.2) is 0 Å². The van der Waals surface area contributed by atoms with Crippen molar-refractivity contribution < 1.29 is 0 Å². The van der Waals surface area contributed by atoms with E-state index in [-0.39, 0.29) is 0 Å². The van der Waals surface area contributed by atoms with E-state index in [9.17, 15) is 0 Å². The molecule has 1 N–H and O–H groups in total. The maximum Gasteiger partial charge on any atom is 0.138 e. The van der Waals surface area contributed by atoms with Gasteiger partial charge in [0.05, 0.1) is 5.39 Å². The van der Waals surface area contributed by atoms with Crippen LogP contribution in [0.1, 0.15) is 43.0 Å². The molecule has 2 aromatic rings. The first-order chi connectivity index (χ1) is 10.8. The number of anilines is 1. The highest BCUT2D eigenvalue weighted by Gasteiger charge is 2.23. The van der Waals surface area contributed by atoms with Crippen LogP contribution >= 0.6 is 11.3 Å². The Hall–Kier alpha value is -1.20. The lowest BCUT2D eigenvalue weighted by molar-refractivity contribution is 0.229. The zero-order chi connectivity index (χ0) is 14.9. The molecule has 118 valence electrons. The van der Waals surface area contributed by atoms with E-state index in [0.717, 1.165) is 5.82 Å². The summed E-state index contributed by atoms with van der Waals surface area (Å²) in [4.78, 5) is 14.4. The number of aromatic nitrogens is 2. The fraction of sp³-hybridized carbons (Fsp3) is 0.647. The molecular formula is C17H24N4S. The van der Waals surface area contributed by atoms with Crippen LogP contribution in [0.4, 0.5) is 5.82 Å². The second-order valence-electron chi connectivity index (χ2n) is 6.47. The predicted octanol–water partition coefficient (Wildman–Crippen LogP) is 3.47. The fourth-order valence-corrected chi connectivity index (χ4v) is 5.02. The molecular weight excluding hydrogens is 292 g/mol. The topological polar surface area (TPSA) is 41.0 Å². The number of thiophene rings is 1. The van der Waals surface area contributed by atoms with Gasteiger partial charge in [0.2, 0.25) is 0 Å². The molecule has 4 nitrogen and oxygen atoms in total. The molecule has 3 heterocycles. The quantitative estimate of drug-likeness (QED) is 0.941. The van der Waals surface area contributed by atoms with Crippen LogP contribution in [0.15, 0.2) is 6.33 Å². The van der Waals surface area contributed by atoms with Crippen LogP contribution in [-0.2, 0) is 12.8 Å². The number of fused-ring (bicyclic) bond motifs is 3. The SMILES string of the molecule is CCN1CCC(Nc2ncnc3sc4c(c23)CCCC4)CC1. The Morgan fingerprint density at radius 2 is 2.05 bits per heavy atom. The zero-order valence-corrected chi connectivity index (χ0v) is 14.1. The highest BCUT2D eigenvalue weighted by Crippen LogP contribution is 2.38. The Balaban J connectivity index is 1.60. The lowest BCUT2D eigenvalue weighted by atomic mass is 9.96. The number of aryl methyl sites for hydroxylation is 2. The first kappa shape index (κ1) is 14.4. The maximum atomic E-state index is 4.59. The molecule has 2 aliphatic rings. The average Bonchev–Trinajstić information content (AvgIpc) is 2.95. The largest absolute Gasteiger partial charge is 0.367 e. The van der Waals surface area contributed by atoms with E-state index >= 15 is 0 Å². The summed E-state index contributed by atoms with van der Waals surface area (Å²) in [5, 5.41) is 5.05. The van der Waals surface area contributed by atoms with Crippen molar-refractivity contribution in [2.24, 2.45) is 0 Å². The summed E-state index contributed by atoms with van der Waals surface area (Å²) >= 11 is 1.88. The van der Waals surface area contributed by atoms with E-state index in [2.05, 4.69) is 27.1 Å². The van der Waals surface area contributed by atoms with E-state index in [4.69, 9.17) is 0 Å². The van der Waals surface area contributed by atoms with Crippen LogP contribution in [0, 0.1) is 0 Å². The van der Waals surface area contributed by atoms with Crippen LogP contribution in [-0.4, -0.2) is 40.5 Å². The highest BCUT2D eigenvalue weighted by atomic mass is 32.1. The van der Waals surface area contributed by atoms with Gasteiger partial charge in [0, 0.05) is 24.0 Å². The lowest BCUT2D eigenvalue weighted by Crippen LogP contribution is -2.39. The fourth-order valence-electron chi connectivity index (χ4n) is 3.79. The Kier molecular flexibility index (Phi) is 4.01. The third-order valence-corrected chi connectivity index (χ3v) is 6.33. The van der Waals surface area contributed by atoms with Crippen LogP contribution < -0.4 is 5.32 Å². The molecule has 4 rings (SSSR count). The van der Waals surface area contributed by atoms with Crippen molar-refractivity contribution in [3.05, 3.63) is 16.8 Å². The second-order valence-corrected chi connectivity index (χ2v) is 7.55. The van der Waals surface area contributed by atoms with E-state index in [1.165, 1.54) is 73.9 Å². The van der Waals surface area contributed by atoms with Crippen molar-refractivity contribution in [1.82, 2.24) is 14.9 Å². The molecule has 22 heavy (non-hydrogen) atoms. The maximum absolute atomic E-state index is 4.59. The van der Waals surface area contributed by atoms with Crippen LogP contribution in [0.2, 0.25) is 0 Å². The van der Waals surface area contributed by atoms with Crippen molar-refractivity contribution in [3.63, 3.8) is 0 Å². The molecule has 0 amide bonds. The standard InChI is InChI=1S/C17H24N4S/c1-2-21-9-7-12(8-10-21)20-16-15-13-5-3-4-6-14(13)22-17(15)19-11-18-16/h11-12H,2-10H2,1H3,(H,18,19,20). The number of hydrogen-bond acceptors (Lipinski definition) is 5. The van der Waals surface area contributed by atoms with E-state index in [1.807, 2.05) is 11.3 Å². The van der Waals surface area contributed by atoms with Crippen LogP contribution in [0.3, 0.4) is 0 Å². The molecule has 1 aliphatic heterocycles. The van der Waals surface area contributed by atoms with Gasteiger partial charge in [0.1, 0.15) is 17.0 Å². The van der Waals surface area contributed by atoms with E-state index in [0.29, 0.717) is 6.04 Å². The number of nitrogens with one attached hydrogen (secondary N) is 1. The number of piperidine rings is 1. The van der Waals surface area contributed by atoms with Crippen molar-refractivity contribution in [3.8, 4) is 0 Å². The molecule has 0 radical (unpaired) electrons. The summed E-state index contributed by atoms with van der Waals surface area (Å²) in [7, 11) is 0. The molecule has 0 aromatic carbocycles. The smallest absolute Gasteiger partial charge is 0.138 e. The highest BCUT2D eigenvalue weighted by molar-refractivity contribution is 7.19. The van der Waals surface area contributed by atoms with Gasteiger partial charge in [-0.3, -0.25) is 0 Å². The second kappa shape index (κ2) is 6.13. The molecule has 1 fully saturated rings. The summed E-state index contributed by atoms with van der Waals surface area (Å²) < 4.78 is 0. The molecule has 0 unspecified atom stereocenters. The van der Waals surface area contributed by atoms with Gasteiger partial charge in [0.25, 0.3) is 0 Å². The number of likely N-dealkylation sites (tertiary alicyclic amines) is 1. The van der Waals surface area contributed by atoms with Crippen molar-refractivity contribution in [2.45, 2.75) is 51.5 Å². The van der Waals surface area contributed by atoms with Crippen LogP contribution in [0.25, 0.3) is 10.2 Å². The summed E-state index contributed by atoms with van der Waals surface area (Å²) in [6.07, 6.45) is 9.22. The summed E-state index contributed by atoms with van der Waals surface area (Å²) in [6, 6.07) is 0.556. The first-order valence-corrected chi connectivity index (χ1v) is 9.41. The third-order valence-electron chi connectivity index (χ3n) is 5.13. The molecule has 0 saturated carbocycles. The molecule has 2 aromatic heterocycles. The minimum absolute atomic E-state index is 0.556. The molecule has 1 saturated heterocycles. The van der Waals surface area contributed by atoms with Gasteiger partial charge in [-0.1, -0.05) is 6.92 Å². The van der Waals surface area contributed by atoms with Crippen molar-refractivity contribution in [2.75, 3.05) is 25.0 Å². The Morgan fingerprint density at radius 1 is 1.23 bits per heavy atom. The number of nitrogens with zero attached hydrogens (tertiary/aromatic N) is 3. The molecule has 0 atom stereocenters. The third kappa shape index (κ3) is 2.61. The molecule has 1 aliphatic carbocycles. The molecule has 0 spiro atoms. The number of rotatable bonds is 3. The van der Waals surface area contributed by atoms with Crippen molar-refractivity contribution >= 4 is 27.4 Å². The molecule has 0 bridgehead atoms. The summed E-state index contributed by atoms with van der Waals surface area (Å²) in [5.41, 5.74) is 1.53. The van der Waals surface area contributed by atoms with Gasteiger partial charge in [-0.2, -0.15) is 0 Å². The monoisotopic (exact) mass is 316 g/mol.